The number of benzene rings is 1. The highest BCUT2D eigenvalue weighted by atomic mass is 35.5. The van der Waals surface area contributed by atoms with Crippen molar-refractivity contribution in [1.29, 1.82) is 0 Å². The summed E-state index contributed by atoms with van der Waals surface area (Å²) in [5.74, 6) is 1.33. The summed E-state index contributed by atoms with van der Waals surface area (Å²) in [5, 5.41) is 4.06. The maximum absolute atomic E-state index is 13.0. The highest BCUT2D eigenvalue weighted by molar-refractivity contribution is 6.30. The van der Waals surface area contributed by atoms with Gasteiger partial charge in [0.25, 0.3) is 5.91 Å². The number of aryl methyl sites for hydroxylation is 1. The molecule has 1 fully saturated rings. The van der Waals surface area contributed by atoms with E-state index >= 15 is 0 Å². The minimum Gasteiger partial charge on any atom is -0.370 e. The molecule has 0 spiro atoms. The maximum atomic E-state index is 13.0. The molecular formula is C21H27ClN4O. The van der Waals surface area contributed by atoms with E-state index in [0.29, 0.717) is 23.4 Å². The van der Waals surface area contributed by atoms with Crippen LogP contribution in [0.2, 0.25) is 5.02 Å². The summed E-state index contributed by atoms with van der Waals surface area (Å²) in [6.07, 6.45) is 5.19. The number of anilines is 1. The molecule has 1 aromatic heterocycles. The summed E-state index contributed by atoms with van der Waals surface area (Å²) in [5.41, 5.74) is 1.69. The Bertz CT molecular complexity index is 778. The standard InChI is InChI=1S/C21H27ClN4O/c1-3-18-6-4-5-13-26(18)21(27)19-14-20(25-15(2)24-19)23-12-11-16-7-9-17(22)10-8-16/h7-10,14,18H,3-6,11-13H2,1-2H3,(H,23,24,25). The van der Waals surface area contributed by atoms with E-state index in [0.717, 1.165) is 43.8 Å². The van der Waals surface area contributed by atoms with Crippen LogP contribution in [-0.2, 0) is 6.42 Å². The average Bonchev–Trinajstić information content (AvgIpc) is 2.68. The summed E-state index contributed by atoms with van der Waals surface area (Å²) < 4.78 is 0. The van der Waals surface area contributed by atoms with E-state index in [1.807, 2.05) is 36.1 Å². The van der Waals surface area contributed by atoms with Crippen LogP contribution >= 0.6 is 11.6 Å². The first-order valence-corrected chi connectivity index (χ1v) is 10.1. The number of carbonyl (C=O) groups is 1. The van der Waals surface area contributed by atoms with Gasteiger partial charge >= 0.3 is 0 Å². The van der Waals surface area contributed by atoms with Gasteiger partial charge in [-0.05, 0) is 56.7 Å². The second kappa shape index (κ2) is 9.18. The lowest BCUT2D eigenvalue weighted by Crippen LogP contribution is -2.43. The fraction of sp³-hybridized carbons (Fsp3) is 0.476. The van der Waals surface area contributed by atoms with Crippen LogP contribution in [0.5, 0.6) is 0 Å². The normalized spacial score (nSPS) is 17.0. The van der Waals surface area contributed by atoms with Crippen molar-refractivity contribution in [3.8, 4) is 0 Å². The van der Waals surface area contributed by atoms with Crippen molar-refractivity contribution in [2.45, 2.75) is 52.0 Å². The van der Waals surface area contributed by atoms with Crippen LogP contribution in [0.3, 0.4) is 0 Å². The minimum atomic E-state index is 0.0211. The molecule has 0 aliphatic carbocycles. The largest absolute Gasteiger partial charge is 0.370 e. The number of rotatable bonds is 6. The summed E-state index contributed by atoms with van der Waals surface area (Å²) in [6.45, 7) is 5.52. The molecule has 1 aromatic carbocycles. The summed E-state index contributed by atoms with van der Waals surface area (Å²) in [7, 11) is 0. The molecule has 1 N–H and O–H groups in total. The zero-order valence-corrected chi connectivity index (χ0v) is 16.8. The Morgan fingerprint density at radius 2 is 2.04 bits per heavy atom. The lowest BCUT2D eigenvalue weighted by Gasteiger charge is -2.35. The van der Waals surface area contributed by atoms with Gasteiger partial charge in [0.1, 0.15) is 17.3 Å². The third-order valence-corrected chi connectivity index (χ3v) is 5.30. The second-order valence-corrected chi connectivity index (χ2v) is 7.48. The Balaban J connectivity index is 1.66. The smallest absolute Gasteiger partial charge is 0.272 e. The molecule has 3 rings (SSSR count). The van der Waals surface area contributed by atoms with Gasteiger partial charge in [-0.25, -0.2) is 9.97 Å². The van der Waals surface area contributed by atoms with Crippen LogP contribution in [0, 0.1) is 6.92 Å². The number of hydrogen-bond donors (Lipinski definition) is 1. The molecule has 2 heterocycles. The van der Waals surface area contributed by atoms with Gasteiger partial charge in [0, 0.05) is 30.2 Å². The molecule has 27 heavy (non-hydrogen) atoms. The Hall–Kier alpha value is -2.14. The zero-order valence-electron chi connectivity index (χ0n) is 16.0. The van der Waals surface area contributed by atoms with Crippen LogP contribution in [0.15, 0.2) is 30.3 Å². The van der Waals surface area contributed by atoms with Gasteiger partial charge in [-0.15, -0.1) is 0 Å². The molecule has 1 unspecified atom stereocenters. The second-order valence-electron chi connectivity index (χ2n) is 7.05. The van der Waals surface area contributed by atoms with Gasteiger partial charge in [0.05, 0.1) is 0 Å². The van der Waals surface area contributed by atoms with Crippen LogP contribution in [0.1, 0.15) is 54.5 Å². The molecule has 0 saturated carbocycles. The van der Waals surface area contributed by atoms with Crippen LogP contribution in [0.25, 0.3) is 0 Å². The minimum absolute atomic E-state index is 0.0211. The van der Waals surface area contributed by atoms with Crippen LogP contribution in [-0.4, -0.2) is 39.9 Å². The molecule has 1 aliphatic rings. The SMILES string of the molecule is CCC1CCCCN1C(=O)c1cc(NCCc2ccc(Cl)cc2)nc(C)n1. The Kier molecular flexibility index (Phi) is 6.67. The predicted molar refractivity (Wildman–Crippen MR) is 109 cm³/mol. The number of hydrogen-bond acceptors (Lipinski definition) is 4. The molecule has 5 nitrogen and oxygen atoms in total. The van der Waals surface area contributed by atoms with Crippen LogP contribution in [0.4, 0.5) is 5.82 Å². The number of amides is 1. The number of nitrogens with one attached hydrogen (secondary N) is 1. The highest BCUT2D eigenvalue weighted by Crippen LogP contribution is 2.22. The first kappa shape index (κ1) is 19.6. The van der Waals surface area contributed by atoms with E-state index in [1.54, 1.807) is 6.07 Å². The van der Waals surface area contributed by atoms with E-state index in [9.17, 15) is 4.79 Å². The quantitative estimate of drug-likeness (QED) is 0.794. The molecule has 144 valence electrons. The van der Waals surface area contributed by atoms with Gasteiger partial charge < -0.3 is 10.2 Å². The molecular weight excluding hydrogens is 360 g/mol. The van der Waals surface area contributed by atoms with Crippen molar-refractivity contribution in [3.63, 3.8) is 0 Å². The van der Waals surface area contributed by atoms with Crippen molar-refractivity contribution >= 4 is 23.3 Å². The van der Waals surface area contributed by atoms with Gasteiger partial charge in [-0.2, -0.15) is 0 Å². The first-order valence-electron chi connectivity index (χ1n) is 9.71. The van der Waals surface area contributed by atoms with Crippen LogP contribution < -0.4 is 5.32 Å². The number of halogens is 1. The van der Waals surface area contributed by atoms with E-state index in [-0.39, 0.29) is 5.91 Å². The third-order valence-electron chi connectivity index (χ3n) is 5.05. The molecule has 1 saturated heterocycles. The predicted octanol–water partition coefficient (Wildman–Crippen LogP) is 4.50. The number of likely N-dealkylation sites (tertiary alicyclic amines) is 1. The third kappa shape index (κ3) is 5.19. The molecule has 6 heteroatoms. The highest BCUT2D eigenvalue weighted by Gasteiger charge is 2.27. The van der Waals surface area contributed by atoms with Crippen molar-refractivity contribution in [1.82, 2.24) is 14.9 Å². The number of carbonyl (C=O) groups excluding carboxylic acids is 1. The Labute approximate surface area is 166 Å². The fourth-order valence-electron chi connectivity index (χ4n) is 3.59. The first-order chi connectivity index (χ1) is 13.1. The molecule has 0 bridgehead atoms. The fourth-order valence-corrected chi connectivity index (χ4v) is 3.72. The Morgan fingerprint density at radius 3 is 2.78 bits per heavy atom. The Morgan fingerprint density at radius 1 is 1.26 bits per heavy atom. The zero-order chi connectivity index (χ0) is 19.2. The number of nitrogens with zero attached hydrogens (tertiary/aromatic N) is 3. The monoisotopic (exact) mass is 386 g/mol. The van der Waals surface area contributed by atoms with Crippen molar-refractivity contribution in [2.24, 2.45) is 0 Å². The molecule has 1 aliphatic heterocycles. The van der Waals surface area contributed by atoms with Gasteiger partial charge in [-0.3, -0.25) is 4.79 Å². The molecule has 2 aromatic rings. The number of piperidine rings is 1. The van der Waals surface area contributed by atoms with E-state index in [1.165, 1.54) is 12.0 Å². The van der Waals surface area contributed by atoms with Crippen molar-refractivity contribution < 1.29 is 4.79 Å². The summed E-state index contributed by atoms with van der Waals surface area (Å²) >= 11 is 5.92. The van der Waals surface area contributed by atoms with Gasteiger partial charge in [0.15, 0.2) is 0 Å². The van der Waals surface area contributed by atoms with E-state index in [4.69, 9.17) is 11.6 Å². The lowest BCUT2D eigenvalue weighted by molar-refractivity contribution is 0.0601. The lowest BCUT2D eigenvalue weighted by atomic mass is 9.99. The van der Waals surface area contributed by atoms with Gasteiger partial charge in [-0.1, -0.05) is 30.7 Å². The van der Waals surface area contributed by atoms with E-state index < -0.39 is 0 Å². The van der Waals surface area contributed by atoms with Crippen molar-refractivity contribution in [3.05, 3.63) is 52.4 Å². The maximum Gasteiger partial charge on any atom is 0.272 e. The topological polar surface area (TPSA) is 58.1 Å². The van der Waals surface area contributed by atoms with Gasteiger partial charge in [0.2, 0.25) is 0 Å². The summed E-state index contributed by atoms with van der Waals surface area (Å²) in [6, 6.07) is 9.93. The molecule has 0 radical (unpaired) electrons. The molecule has 1 amide bonds. The molecule has 1 atom stereocenters. The number of aromatic nitrogens is 2. The van der Waals surface area contributed by atoms with Crippen molar-refractivity contribution in [2.75, 3.05) is 18.4 Å². The summed E-state index contributed by atoms with van der Waals surface area (Å²) in [4.78, 5) is 23.8. The van der Waals surface area contributed by atoms with E-state index in [2.05, 4.69) is 22.2 Å². The average molecular weight is 387 g/mol.